The monoisotopic (exact) mass is 442 g/mol. The van der Waals surface area contributed by atoms with Crippen LogP contribution in [0, 0.1) is 0 Å². The van der Waals surface area contributed by atoms with Crippen LogP contribution in [0.3, 0.4) is 0 Å². The molecule has 0 N–H and O–H groups in total. The second kappa shape index (κ2) is 8.89. The van der Waals surface area contributed by atoms with Gasteiger partial charge in [-0.05, 0) is 41.5 Å². The number of aromatic nitrogens is 1. The van der Waals surface area contributed by atoms with Gasteiger partial charge in [0.2, 0.25) is 5.43 Å². The van der Waals surface area contributed by atoms with E-state index in [0.29, 0.717) is 18.8 Å². The van der Waals surface area contributed by atoms with Crippen LogP contribution in [0.4, 0.5) is 0 Å². The zero-order valence-corrected chi connectivity index (χ0v) is 19.3. The van der Waals surface area contributed by atoms with Gasteiger partial charge in [0.25, 0.3) is 5.91 Å². The van der Waals surface area contributed by atoms with Gasteiger partial charge in [-0.2, -0.15) is 0 Å². The summed E-state index contributed by atoms with van der Waals surface area (Å²) in [6.45, 7) is 3.07. The Labute approximate surface area is 194 Å². The number of hydrogen-bond donors (Lipinski definition) is 0. The van der Waals surface area contributed by atoms with Crippen LogP contribution in [0.25, 0.3) is 0 Å². The Balaban J connectivity index is 1.71. The minimum absolute atomic E-state index is 0.0442. The van der Waals surface area contributed by atoms with E-state index in [-0.39, 0.29) is 29.0 Å². The van der Waals surface area contributed by atoms with Crippen LogP contribution in [0.15, 0.2) is 65.6 Å². The molecule has 170 valence electrons. The molecule has 1 aromatic heterocycles. The van der Waals surface area contributed by atoms with Crippen molar-refractivity contribution in [1.82, 2.24) is 9.47 Å². The van der Waals surface area contributed by atoms with Crippen LogP contribution in [0.2, 0.25) is 0 Å². The minimum atomic E-state index is -0.235. The van der Waals surface area contributed by atoms with E-state index < -0.39 is 0 Å². The fourth-order valence-electron chi connectivity index (χ4n) is 5.35. The molecule has 1 aliphatic carbocycles. The Morgan fingerprint density at radius 1 is 0.939 bits per heavy atom. The van der Waals surface area contributed by atoms with Gasteiger partial charge in [0.05, 0.1) is 12.6 Å². The van der Waals surface area contributed by atoms with Crippen LogP contribution in [-0.2, 0) is 12.8 Å². The number of hydrogen-bond acceptors (Lipinski definition) is 3. The first-order valence-electron chi connectivity index (χ1n) is 11.9. The van der Waals surface area contributed by atoms with E-state index in [0.717, 1.165) is 25.7 Å². The standard InChI is InChI=1S/C28H30N2O3/c1-3-4-17-33-27-24(31)15-16-30-23(18-29(2)28(32)26(27)30)25-21-11-7-5-9-19(21)13-14-20-10-6-8-12-22(20)25/h5-12,15-16,23,25H,3-4,13-14,17-18H2,1-2H3. The van der Waals surface area contributed by atoms with Gasteiger partial charge < -0.3 is 14.2 Å². The van der Waals surface area contributed by atoms with Crippen molar-refractivity contribution >= 4 is 5.91 Å². The molecule has 0 radical (unpaired) electrons. The second-order valence-electron chi connectivity index (χ2n) is 9.10. The largest absolute Gasteiger partial charge is 0.487 e. The fraction of sp³-hybridized carbons (Fsp3) is 0.357. The lowest BCUT2D eigenvalue weighted by atomic mass is 9.81. The Morgan fingerprint density at radius 2 is 1.58 bits per heavy atom. The molecule has 1 aliphatic heterocycles. The van der Waals surface area contributed by atoms with Gasteiger partial charge in [-0.1, -0.05) is 61.9 Å². The molecule has 1 atom stereocenters. The number of aryl methyl sites for hydroxylation is 2. The zero-order chi connectivity index (χ0) is 22.9. The zero-order valence-electron chi connectivity index (χ0n) is 19.3. The van der Waals surface area contributed by atoms with Crippen molar-refractivity contribution in [3.05, 3.63) is 99.0 Å². The maximum atomic E-state index is 13.3. The highest BCUT2D eigenvalue weighted by atomic mass is 16.5. The van der Waals surface area contributed by atoms with E-state index >= 15 is 0 Å². The van der Waals surface area contributed by atoms with Crippen molar-refractivity contribution in [3.8, 4) is 5.75 Å². The van der Waals surface area contributed by atoms with Crippen molar-refractivity contribution in [2.24, 2.45) is 0 Å². The Morgan fingerprint density at radius 3 is 2.21 bits per heavy atom. The number of likely N-dealkylation sites (N-methyl/N-ethyl adjacent to an activating group) is 1. The maximum Gasteiger partial charge on any atom is 0.274 e. The van der Waals surface area contributed by atoms with Crippen molar-refractivity contribution in [2.75, 3.05) is 20.2 Å². The van der Waals surface area contributed by atoms with Gasteiger partial charge in [-0.25, -0.2) is 0 Å². The molecule has 5 nitrogen and oxygen atoms in total. The van der Waals surface area contributed by atoms with Gasteiger partial charge >= 0.3 is 0 Å². The van der Waals surface area contributed by atoms with Crippen LogP contribution >= 0.6 is 0 Å². The molecule has 5 rings (SSSR count). The summed E-state index contributed by atoms with van der Waals surface area (Å²) in [6.07, 6.45) is 5.57. The topological polar surface area (TPSA) is 51.5 Å². The number of amides is 1. The summed E-state index contributed by atoms with van der Waals surface area (Å²) in [7, 11) is 1.82. The molecule has 2 aromatic carbocycles. The lowest BCUT2D eigenvalue weighted by molar-refractivity contribution is 0.0698. The number of nitrogens with zero attached hydrogens (tertiary/aromatic N) is 2. The summed E-state index contributed by atoms with van der Waals surface area (Å²) in [4.78, 5) is 27.8. The molecule has 2 aliphatic rings. The van der Waals surface area contributed by atoms with Crippen molar-refractivity contribution in [1.29, 1.82) is 0 Å². The van der Waals surface area contributed by atoms with Crippen LogP contribution < -0.4 is 10.2 Å². The normalized spacial score (nSPS) is 17.7. The Bertz CT molecular complexity index is 1200. The van der Waals surface area contributed by atoms with Crippen LogP contribution in [0.1, 0.15) is 64.5 Å². The molecule has 1 amide bonds. The van der Waals surface area contributed by atoms with Gasteiger partial charge in [0.1, 0.15) is 0 Å². The van der Waals surface area contributed by atoms with E-state index in [4.69, 9.17) is 4.74 Å². The average molecular weight is 443 g/mol. The first-order valence-corrected chi connectivity index (χ1v) is 11.9. The first kappa shape index (κ1) is 21.5. The molecule has 33 heavy (non-hydrogen) atoms. The molecular formula is C28H30N2O3. The summed E-state index contributed by atoms with van der Waals surface area (Å²) in [5.74, 6) is 0.0912. The number of ether oxygens (including phenoxy) is 1. The van der Waals surface area contributed by atoms with Gasteiger partial charge in [0.15, 0.2) is 11.4 Å². The van der Waals surface area contributed by atoms with E-state index in [1.54, 1.807) is 17.2 Å². The van der Waals surface area contributed by atoms with Crippen molar-refractivity contribution in [3.63, 3.8) is 0 Å². The number of fused-ring (bicyclic) bond motifs is 3. The van der Waals surface area contributed by atoms with E-state index in [1.165, 1.54) is 22.3 Å². The summed E-state index contributed by atoms with van der Waals surface area (Å²) in [5, 5.41) is 0. The number of carbonyl (C=O) groups is 1. The summed E-state index contributed by atoms with van der Waals surface area (Å²) >= 11 is 0. The van der Waals surface area contributed by atoms with Crippen molar-refractivity contribution in [2.45, 2.75) is 44.6 Å². The SMILES string of the molecule is CCCCOc1c2n(ccc1=O)C(C1c3ccccc3CCc3ccccc31)CN(C)C2=O. The fourth-order valence-corrected chi connectivity index (χ4v) is 5.35. The molecule has 5 heteroatoms. The summed E-state index contributed by atoms with van der Waals surface area (Å²) in [5.41, 5.74) is 5.43. The average Bonchev–Trinajstić information content (AvgIpc) is 2.99. The minimum Gasteiger partial charge on any atom is -0.487 e. The number of carbonyl (C=O) groups excluding carboxylic acids is 1. The molecule has 0 spiro atoms. The van der Waals surface area contributed by atoms with E-state index in [2.05, 4.69) is 55.5 Å². The lowest BCUT2D eigenvalue weighted by Crippen LogP contribution is -2.44. The molecule has 0 saturated heterocycles. The predicted molar refractivity (Wildman–Crippen MR) is 129 cm³/mol. The molecule has 1 unspecified atom stereocenters. The third-order valence-electron chi connectivity index (χ3n) is 7.02. The van der Waals surface area contributed by atoms with E-state index in [1.807, 2.05) is 11.6 Å². The number of unbranched alkanes of at least 4 members (excludes halogenated alkanes) is 1. The van der Waals surface area contributed by atoms with Crippen molar-refractivity contribution < 1.29 is 9.53 Å². The molecule has 3 aromatic rings. The summed E-state index contributed by atoms with van der Waals surface area (Å²) < 4.78 is 7.92. The van der Waals surface area contributed by atoms with Crippen LogP contribution in [-0.4, -0.2) is 35.6 Å². The summed E-state index contributed by atoms with van der Waals surface area (Å²) in [6, 6.07) is 18.8. The van der Waals surface area contributed by atoms with Gasteiger partial charge in [-0.15, -0.1) is 0 Å². The number of pyridine rings is 1. The number of benzene rings is 2. The first-order chi connectivity index (χ1) is 16.1. The molecule has 2 heterocycles. The highest BCUT2D eigenvalue weighted by Gasteiger charge is 2.39. The van der Waals surface area contributed by atoms with Gasteiger partial charge in [-0.3, -0.25) is 9.59 Å². The third-order valence-corrected chi connectivity index (χ3v) is 7.02. The Kier molecular flexibility index (Phi) is 5.79. The second-order valence-corrected chi connectivity index (χ2v) is 9.10. The Hall–Kier alpha value is -3.34. The maximum absolute atomic E-state index is 13.3. The smallest absolute Gasteiger partial charge is 0.274 e. The van der Waals surface area contributed by atoms with Gasteiger partial charge in [0, 0.05) is 31.8 Å². The molecule has 0 saturated carbocycles. The third kappa shape index (κ3) is 3.75. The highest BCUT2D eigenvalue weighted by Crippen LogP contribution is 2.43. The van der Waals surface area contributed by atoms with E-state index in [9.17, 15) is 9.59 Å². The number of rotatable bonds is 5. The molecule has 0 fully saturated rings. The quantitative estimate of drug-likeness (QED) is 0.544. The van der Waals surface area contributed by atoms with Crippen LogP contribution in [0.5, 0.6) is 5.75 Å². The molecular weight excluding hydrogens is 412 g/mol. The lowest BCUT2D eigenvalue weighted by Gasteiger charge is -2.39. The predicted octanol–water partition coefficient (Wildman–Crippen LogP) is 4.58. The highest BCUT2D eigenvalue weighted by molar-refractivity contribution is 5.96. The molecule has 0 bridgehead atoms.